The number of piperidine rings is 1. The van der Waals surface area contributed by atoms with E-state index in [-0.39, 0.29) is 0 Å². The monoisotopic (exact) mass is 255 g/mol. The Morgan fingerprint density at radius 1 is 1.00 bits per heavy atom. The van der Waals surface area contributed by atoms with Crippen molar-refractivity contribution in [2.45, 2.75) is 25.8 Å². The van der Waals surface area contributed by atoms with Crippen LogP contribution >= 0.6 is 0 Å². The van der Waals surface area contributed by atoms with Crippen LogP contribution in [0.15, 0.2) is 53.1 Å². The largest absolute Gasteiger partial charge is 0.468 e. The van der Waals surface area contributed by atoms with Gasteiger partial charge in [-0.1, -0.05) is 30.3 Å². The van der Waals surface area contributed by atoms with Crippen molar-refractivity contribution in [1.82, 2.24) is 4.90 Å². The summed E-state index contributed by atoms with van der Waals surface area (Å²) < 4.78 is 5.42. The number of rotatable bonds is 4. The van der Waals surface area contributed by atoms with E-state index in [1.54, 1.807) is 6.26 Å². The quantitative estimate of drug-likeness (QED) is 0.827. The molecule has 0 amide bonds. The zero-order chi connectivity index (χ0) is 12.9. The summed E-state index contributed by atoms with van der Waals surface area (Å²) in [5.74, 6) is 1.93. The SMILES string of the molecule is c1ccc(CC2CCN(Cc3ccco3)CC2)cc1. The molecule has 0 bridgehead atoms. The lowest BCUT2D eigenvalue weighted by Crippen LogP contribution is -2.33. The highest BCUT2D eigenvalue weighted by molar-refractivity contribution is 5.15. The second-order valence-electron chi connectivity index (χ2n) is 5.49. The van der Waals surface area contributed by atoms with Crippen molar-refractivity contribution in [2.75, 3.05) is 13.1 Å². The zero-order valence-electron chi connectivity index (χ0n) is 11.3. The Kier molecular flexibility index (Phi) is 3.99. The van der Waals surface area contributed by atoms with Crippen LogP contribution < -0.4 is 0 Å². The van der Waals surface area contributed by atoms with Crippen molar-refractivity contribution >= 4 is 0 Å². The Balaban J connectivity index is 1.47. The minimum absolute atomic E-state index is 0.843. The number of hydrogen-bond donors (Lipinski definition) is 0. The average Bonchev–Trinajstić information content (AvgIpc) is 2.95. The fourth-order valence-electron chi connectivity index (χ4n) is 2.92. The third-order valence-electron chi connectivity index (χ3n) is 4.03. The molecule has 0 atom stereocenters. The zero-order valence-corrected chi connectivity index (χ0v) is 11.3. The maximum atomic E-state index is 5.42. The molecular formula is C17H21NO. The molecule has 1 aliphatic rings. The van der Waals surface area contributed by atoms with E-state index in [0.717, 1.165) is 18.2 Å². The van der Waals surface area contributed by atoms with Crippen LogP contribution in [0.5, 0.6) is 0 Å². The maximum absolute atomic E-state index is 5.42. The normalized spacial score (nSPS) is 17.7. The highest BCUT2D eigenvalue weighted by atomic mass is 16.3. The Labute approximate surface area is 115 Å². The summed E-state index contributed by atoms with van der Waals surface area (Å²) in [6.07, 6.45) is 5.60. The molecule has 3 rings (SSSR count). The van der Waals surface area contributed by atoms with Gasteiger partial charge >= 0.3 is 0 Å². The van der Waals surface area contributed by atoms with E-state index in [0.29, 0.717) is 0 Å². The van der Waals surface area contributed by atoms with Gasteiger partial charge in [-0.3, -0.25) is 4.90 Å². The van der Waals surface area contributed by atoms with Gasteiger partial charge in [-0.25, -0.2) is 0 Å². The summed E-state index contributed by atoms with van der Waals surface area (Å²) in [4.78, 5) is 2.50. The molecule has 2 heterocycles. The molecule has 0 spiro atoms. The van der Waals surface area contributed by atoms with Crippen molar-refractivity contribution in [3.8, 4) is 0 Å². The van der Waals surface area contributed by atoms with E-state index >= 15 is 0 Å². The summed E-state index contributed by atoms with van der Waals surface area (Å²) in [5.41, 5.74) is 1.48. The van der Waals surface area contributed by atoms with Crippen molar-refractivity contribution in [3.63, 3.8) is 0 Å². The van der Waals surface area contributed by atoms with Gasteiger partial charge in [0.2, 0.25) is 0 Å². The number of likely N-dealkylation sites (tertiary alicyclic amines) is 1. The van der Waals surface area contributed by atoms with E-state index in [9.17, 15) is 0 Å². The first-order valence-corrected chi connectivity index (χ1v) is 7.19. The van der Waals surface area contributed by atoms with Gasteiger partial charge in [0.15, 0.2) is 0 Å². The molecule has 2 aromatic rings. The van der Waals surface area contributed by atoms with E-state index in [4.69, 9.17) is 4.42 Å². The minimum atomic E-state index is 0.843. The second-order valence-corrected chi connectivity index (χ2v) is 5.49. The molecule has 1 saturated heterocycles. The standard InChI is InChI=1S/C17H21NO/c1-2-5-15(6-3-1)13-16-8-10-18(11-9-16)14-17-7-4-12-19-17/h1-7,12,16H,8-11,13-14H2. The van der Waals surface area contributed by atoms with Gasteiger partial charge < -0.3 is 4.42 Å². The molecule has 1 aliphatic heterocycles. The Hall–Kier alpha value is -1.54. The lowest BCUT2D eigenvalue weighted by Gasteiger charge is -2.31. The molecule has 0 aliphatic carbocycles. The predicted octanol–water partition coefficient (Wildman–Crippen LogP) is 3.73. The molecule has 100 valence electrons. The van der Waals surface area contributed by atoms with E-state index in [1.165, 1.54) is 37.9 Å². The van der Waals surface area contributed by atoms with Crippen LogP contribution in [0.3, 0.4) is 0 Å². The van der Waals surface area contributed by atoms with Crippen LogP contribution in [0.4, 0.5) is 0 Å². The molecule has 1 fully saturated rings. The fraction of sp³-hybridized carbons (Fsp3) is 0.412. The van der Waals surface area contributed by atoms with Crippen LogP contribution in [-0.4, -0.2) is 18.0 Å². The van der Waals surface area contributed by atoms with Gasteiger partial charge in [0.25, 0.3) is 0 Å². The first kappa shape index (κ1) is 12.5. The van der Waals surface area contributed by atoms with E-state index < -0.39 is 0 Å². The van der Waals surface area contributed by atoms with Gasteiger partial charge in [0.05, 0.1) is 12.8 Å². The molecule has 0 radical (unpaired) electrons. The number of nitrogens with zero attached hydrogens (tertiary/aromatic N) is 1. The lowest BCUT2D eigenvalue weighted by molar-refractivity contribution is 0.166. The smallest absolute Gasteiger partial charge is 0.117 e. The summed E-state index contributed by atoms with van der Waals surface area (Å²) >= 11 is 0. The summed E-state index contributed by atoms with van der Waals surface area (Å²) in [6.45, 7) is 3.35. The Bertz CT molecular complexity index is 469. The molecule has 2 nitrogen and oxygen atoms in total. The van der Waals surface area contributed by atoms with Crippen molar-refractivity contribution < 1.29 is 4.42 Å². The first-order chi connectivity index (χ1) is 9.40. The Morgan fingerprint density at radius 3 is 2.47 bits per heavy atom. The first-order valence-electron chi connectivity index (χ1n) is 7.19. The Morgan fingerprint density at radius 2 is 1.79 bits per heavy atom. The van der Waals surface area contributed by atoms with E-state index in [1.807, 2.05) is 6.07 Å². The van der Waals surface area contributed by atoms with Gasteiger partial charge in [-0.2, -0.15) is 0 Å². The minimum Gasteiger partial charge on any atom is -0.468 e. The summed E-state index contributed by atoms with van der Waals surface area (Å²) in [5, 5.41) is 0. The van der Waals surface area contributed by atoms with Gasteiger partial charge in [0.1, 0.15) is 5.76 Å². The molecule has 0 saturated carbocycles. The summed E-state index contributed by atoms with van der Waals surface area (Å²) in [6, 6.07) is 14.9. The molecule has 1 aromatic carbocycles. The van der Waals surface area contributed by atoms with Crippen molar-refractivity contribution in [1.29, 1.82) is 0 Å². The molecular weight excluding hydrogens is 234 g/mol. The number of furan rings is 1. The fourth-order valence-corrected chi connectivity index (χ4v) is 2.92. The molecule has 1 aromatic heterocycles. The van der Waals surface area contributed by atoms with Gasteiger partial charge in [-0.05, 0) is 56.0 Å². The molecule has 2 heteroatoms. The van der Waals surface area contributed by atoms with E-state index in [2.05, 4.69) is 41.3 Å². The highest BCUT2D eigenvalue weighted by Gasteiger charge is 2.19. The number of hydrogen-bond acceptors (Lipinski definition) is 2. The van der Waals surface area contributed by atoms with Crippen molar-refractivity contribution in [3.05, 3.63) is 60.1 Å². The van der Waals surface area contributed by atoms with Crippen LogP contribution in [-0.2, 0) is 13.0 Å². The van der Waals surface area contributed by atoms with Crippen LogP contribution in [0.2, 0.25) is 0 Å². The molecule has 0 unspecified atom stereocenters. The van der Waals surface area contributed by atoms with Crippen LogP contribution in [0.25, 0.3) is 0 Å². The highest BCUT2D eigenvalue weighted by Crippen LogP contribution is 2.22. The number of benzene rings is 1. The topological polar surface area (TPSA) is 16.4 Å². The summed E-state index contributed by atoms with van der Waals surface area (Å²) in [7, 11) is 0. The van der Waals surface area contributed by atoms with Crippen LogP contribution in [0, 0.1) is 5.92 Å². The molecule has 0 N–H and O–H groups in total. The third kappa shape index (κ3) is 3.48. The predicted molar refractivity (Wildman–Crippen MR) is 76.9 cm³/mol. The second kappa shape index (κ2) is 6.07. The van der Waals surface area contributed by atoms with Gasteiger partial charge in [-0.15, -0.1) is 0 Å². The third-order valence-corrected chi connectivity index (χ3v) is 4.03. The van der Waals surface area contributed by atoms with Crippen LogP contribution in [0.1, 0.15) is 24.2 Å². The molecule has 19 heavy (non-hydrogen) atoms. The van der Waals surface area contributed by atoms with Gasteiger partial charge in [0, 0.05) is 0 Å². The van der Waals surface area contributed by atoms with Crippen molar-refractivity contribution in [2.24, 2.45) is 5.92 Å². The maximum Gasteiger partial charge on any atom is 0.117 e. The lowest BCUT2D eigenvalue weighted by atomic mass is 9.90. The average molecular weight is 255 g/mol.